The van der Waals surface area contributed by atoms with E-state index < -0.39 is 0 Å². The highest BCUT2D eigenvalue weighted by molar-refractivity contribution is 8.26. The largest absolute Gasteiger partial charge is 0.357 e. The number of aromatic nitrogens is 1. The van der Waals surface area contributed by atoms with Crippen LogP contribution in [0.4, 0.5) is 5.82 Å². The van der Waals surface area contributed by atoms with Crippen LogP contribution in [0, 0.1) is 24.2 Å². The van der Waals surface area contributed by atoms with Crippen molar-refractivity contribution in [2.45, 2.75) is 85.1 Å². The Morgan fingerprint density at radius 3 is 2.39 bits per heavy atom. The molecule has 0 N–H and O–H groups in total. The first kappa shape index (κ1) is 31.1. The molecule has 0 spiro atoms. The molecule has 41 heavy (non-hydrogen) atoms. The number of hydrogen-bond donors (Lipinski definition) is 0. The Hall–Kier alpha value is -2.89. The molecular weight excluding hydrogens is 549 g/mol. The third kappa shape index (κ3) is 7.31. The van der Waals surface area contributed by atoms with Gasteiger partial charge in [0.1, 0.15) is 21.8 Å². The number of pyridine rings is 1. The fraction of sp³-hybridized carbons (Fsp3) is 0.515. The van der Waals surface area contributed by atoms with Crippen molar-refractivity contribution in [2.75, 3.05) is 24.5 Å². The van der Waals surface area contributed by atoms with Crippen LogP contribution >= 0.6 is 24.0 Å². The number of carbonyl (C=O) groups excluding carboxylic acids is 1. The van der Waals surface area contributed by atoms with Crippen LogP contribution in [0.1, 0.15) is 87.5 Å². The molecule has 218 valence electrons. The minimum Gasteiger partial charge on any atom is -0.357 e. The number of unbranched alkanes of at least 4 members (excludes halogenated alkanes) is 4. The van der Waals surface area contributed by atoms with E-state index >= 15 is 0 Å². The Kier molecular flexibility index (Phi) is 11.2. The molecule has 6 nitrogen and oxygen atoms in total. The van der Waals surface area contributed by atoms with E-state index in [0.29, 0.717) is 33.8 Å². The molecule has 8 heteroatoms. The van der Waals surface area contributed by atoms with Crippen LogP contribution in [0.25, 0.3) is 6.08 Å². The summed E-state index contributed by atoms with van der Waals surface area (Å²) in [7, 11) is 0. The van der Waals surface area contributed by atoms with Crippen molar-refractivity contribution >= 4 is 46.1 Å². The van der Waals surface area contributed by atoms with Crippen molar-refractivity contribution in [1.82, 2.24) is 9.47 Å². The SMILES string of the molecule is CCCCCCN1C(=O)/C(=C\c2c(C)c(C#N)c(=O)n(CCCC)c2N2CCC(Cc3ccccc3)CC2)SC1=S. The van der Waals surface area contributed by atoms with E-state index in [2.05, 4.69) is 55.1 Å². The number of carbonyl (C=O) groups is 1. The number of thiocarbonyl (C=S) groups is 1. The quantitative estimate of drug-likeness (QED) is 0.150. The van der Waals surface area contributed by atoms with Gasteiger partial charge < -0.3 is 4.90 Å². The molecule has 0 atom stereocenters. The maximum Gasteiger partial charge on any atom is 0.270 e. The van der Waals surface area contributed by atoms with Gasteiger partial charge in [-0.3, -0.25) is 19.1 Å². The van der Waals surface area contributed by atoms with E-state index in [1.807, 2.05) is 13.0 Å². The highest BCUT2D eigenvalue weighted by Gasteiger charge is 2.33. The average Bonchev–Trinajstić information content (AvgIpc) is 3.24. The fourth-order valence-corrected chi connectivity index (χ4v) is 7.12. The van der Waals surface area contributed by atoms with Gasteiger partial charge in [-0.25, -0.2) is 0 Å². The molecule has 4 rings (SSSR count). The Morgan fingerprint density at radius 2 is 1.73 bits per heavy atom. The predicted molar refractivity (Wildman–Crippen MR) is 174 cm³/mol. The van der Waals surface area contributed by atoms with Crippen molar-refractivity contribution < 1.29 is 4.79 Å². The van der Waals surface area contributed by atoms with E-state index in [-0.39, 0.29) is 17.0 Å². The molecule has 0 aliphatic carbocycles. The minimum absolute atomic E-state index is 0.0757. The molecular formula is C33H42N4O2S2. The van der Waals surface area contributed by atoms with Gasteiger partial charge in [-0.05, 0) is 62.1 Å². The Bertz CT molecular complexity index is 1370. The van der Waals surface area contributed by atoms with Crippen LogP contribution in [0.5, 0.6) is 0 Å². The van der Waals surface area contributed by atoms with E-state index in [1.54, 1.807) is 9.47 Å². The Morgan fingerprint density at radius 1 is 1.02 bits per heavy atom. The number of piperidine rings is 1. The second kappa shape index (κ2) is 14.8. The van der Waals surface area contributed by atoms with Crippen LogP contribution in [0.2, 0.25) is 0 Å². The van der Waals surface area contributed by atoms with Gasteiger partial charge in [0.15, 0.2) is 0 Å². The molecule has 2 saturated heterocycles. The maximum atomic E-state index is 13.6. The molecule has 0 unspecified atom stereocenters. The summed E-state index contributed by atoms with van der Waals surface area (Å²) in [5.41, 5.74) is 2.72. The van der Waals surface area contributed by atoms with Crippen LogP contribution < -0.4 is 10.5 Å². The summed E-state index contributed by atoms with van der Waals surface area (Å²) in [4.78, 5) is 31.7. The van der Waals surface area contributed by atoms with Crippen molar-refractivity contribution in [3.8, 4) is 6.07 Å². The normalized spacial score (nSPS) is 17.1. The number of nitrogens with zero attached hydrogens (tertiary/aromatic N) is 4. The maximum absolute atomic E-state index is 13.6. The third-order valence-electron chi connectivity index (χ3n) is 8.25. The van der Waals surface area contributed by atoms with Crippen LogP contribution in [0.15, 0.2) is 40.0 Å². The highest BCUT2D eigenvalue weighted by Crippen LogP contribution is 2.37. The minimum atomic E-state index is -0.236. The molecule has 2 aromatic rings. The summed E-state index contributed by atoms with van der Waals surface area (Å²) in [5, 5.41) is 9.99. The third-order valence-corrected chi connectivity index (χ3v) is 9.63. The lowest BCUT2D eigenvalue weighted by Crippen LogP contribution is -2.40. The molecule has 2 fully saturated rings. The summed E-state index contributed by atoms with van der Waals surface area (Å²) in [6, 6.07) is 12.8. The number of benzene rings is 1. The summed E-state index contributed by atoms with van der Waals surface area (Å²) in [5.74, 6) is 1.34. The van der Waals surface area contributed by atoms with E-state index in [1.165, 1.54) is 17.3 Å². The highest BCUT2D eigenvalue weighted by atomic mass is 32.2. The number of rotatable bonds is 12. The number of nitriles is 1. The lowest BCUT2D eigenvalue weighted by atomic mass is 9.90. The first-order valence-corrected chi connectivity index (χ1v) is 16.3. The smallest absolute Gasteiger partial charge is 0.270 e. The average molecular weight is 591 g/mol. The predicted octanol–water partition coefficient (Wildman–Crippen LogP) is 7.07. The van der Waals surface area contributed by atoms with Gasteiger partial charge >= 0.3 is 0 Å². The molecule has 0 radical (unpaired) electrons. The molecule has 1 aromatic carbocycles. The molecule has 1 aromatic heterocycles. The number of amides is 1. The first-order chi connectivity index (χ1) is 19.9. The second-order valence-corrected chi connectivity index (χ2v) is 12.8. The first-order valence-electron chi connectivity index (χ1n) is 15.1. The van der Waals surface area contributed by atoms with Gasteiger partial charge in [0.2, 0.25) is 0 Å². The van der Waals surface area contributed by atoms with Crippen molar-refractivity contribution in [3.63, 3.8) is 0 Å². The Balaban J connectivity index is 1.69. The van der Waals surface area contributed by atoms with Gasteiger partial charge in [-0.1, -0.05) is 93.8 Å². The van der Waals surface area contributed by atoms with Crippen LogP contribution in [-0.4, -0.2) is 39.3 Å². The molecule has 0 saturated carbocycles. The molecule has 2 aliphatic rings. The van der Waals surface area contributed by atoms with Crippen molar-refractivity contribution in [3.05, 3.63) is 67.8 Å². The number of anilines is 1. The molecule has 1 amide bonds. The molecule has 0 bridgehead atoms. The zero-order valence-corrected chi connectivity index (χ0v) is 26.3. The lowest BCUT2D eigenvalue weighted by molar-refractivity contribution is -0.122. The van der Waals surface area contributed by atoms with Crippen molar-refractivity contribution in [1.29, 1.82) is 5.26 Å². The number of thioether (sulfide) groups is 1. The van der Waals surface area contributed by atoms with Gasteiger partial charge in [0, 0.05) is 31.7 Å². The van der Waals surface area contributed by atoms with Crippen LogP contribution in [-0.2, 0) is 17.8 Å². The zero-order valence-electron chi connectivity index (χ0n) is 24.7. The molecule has 2 aliphatic heterocycles. The van der Waals surface area contributed by atoms with Gasteiger partial charge in [-0.2, -0.15) is 5.26 Å². The fourth-order valence-electron chi connectivity index (χ4n) is 5.83. The lowest BCUT2D eigenvalue weighted by Gasteiger charge is -2.36. The van der Waals surface area contributed by atoms with E-state index in [9.17, 15) is 14.9 Å². The topological polar surface area (TPSA) is 69.3 Å². The van der Waals surface area contributed by atoms with E-state index in [4.69, 9.17) is 12.2 Å². The second-order valence-electron chi connectivity index (χ2n) is 11.2. The summed E-state index contributed by atoms with van der Waals surface area (Å²) in [6.45, 7) is 8.94. The Labute approximate surface area is 254 Å². The van der Waals surface area contributed by atoms with Gasteiger partial charge in [0.25, 0.3) is 11.5 Å². The van der Waals surface area contributed by atoms with Crippen LogP contribution in [0.3, 0.4) is 0 Å². The van der Waals surface area contributed by atoms with E-state index in [0.717, 1.165) is 82.3 Å². The summed E-state index contributed by atoms with van der Waals surface area (Å²) in [6.07, 6.45) is 11.1. The van der Waals surface area contributed by atoms with Crippen molar-refractivity contribution in [2.24, 2.45) is 5.92 Å². The number of hydrogen-bond acceptors (Lipinski definition) is 6. The summed E-state index contributed by atoms with van der Waals surface area (Å²) >= 11 is 6.94. The summed E-state index contributed by atoms with van der Waals surface area (Å²) < 4.78 is 2.38. The standard InChI is InChI=1S/C33H42N4O2S2/c1-4-6-8-12-18-37-32(39)29(41-33(37)40)22-27-24(3)28(23-34)31(38)36(17-7-5-2)30(27)35-19-15-26(16-20-35)21-25-13-10-9-11-14-25/h9-11,13-14,22,26H,4-8,12,15-21H2,1-3H3/b29-22+. The van der Waals surface area contributed by atoms with Gasteiger partial charge in [-0.15, -0.1) is 0 Å². The zero-order chi connectivity index (χ0) is 29.4. The molecule has 3 heterocycles. The monoisotopic (exact) mass is 590 g/mol. The van der Waals surface area contributed by atoms with Gasteiger partial charge in [0.05, 0.1) is 4.91 Å².